The molecule has 0 unspecified atom stereocenters. The summed E-state index contributed by atoms with van der Waals surface area (Å²) in [6.45, 7) is 0.800. The summed E-state index contributed by atoms with van der Waals surface area (Å²) in [7, 11) is 0. The molecule has 2 aromatic carbocycles. The Hall–Kier alpha value is -3.19. The van der Waals surface area contributed by atoms with E-state index in [1.54, 1.807) is 18.2 Å². The van der Waals surface area contributed by atoms with Crippen LogP contribution in [-0.4, -0.2) is 27.4 Å². The number of primary amides is 1. The second-order valence-electron chi connectivity index (χ2n) is 6.21. The Morgan fingerprint density at radius 1 is 1.19 bits per heavy atom. The number of rotatable bonds is 4. The molecule has 0 atom stereocenters. The number of fused-ring (bicyclic) bond motifs is 1. The first-order chi connectivity index (χ1) is 13.1. The molecule has 0 saturated carbocycles. The maximum atomic E-state index is 11.3. The van der Waals surface area contributed by atoms with E-state index in [1.165, 1.54) is 11.9 Å². The van der Waals surface area contributed by atoms with Gasteiger partial charge in [0.1, 0.15) is 6.33 Å². The number of halogens is 1. The van der Waals surface area contributed by atoms with Crippen LogP contribution in [0.25, 0.3) is 0 Å². The van der Waals surface area contributed by atoms with E-state index in [1.807, 2.05) is 29.2 Å². The van der Waals surface area contributed by atoms with Crippen molar-refractivity contribution in [3.63, 3.8) is 0 Å². The van der Waals surface area contributed by atoms with Gasteiger partial charge in [-0.2, -0.15) is 4.98 Å². The van der Waals surface area contributed by atoms with Gasteiger partial charge in [-0.1, -0.05) is 23.7 Å². The van der Waals surface area contributed by atoms with Crippen LogP contribution in [0.2, 0.25) is 5.02 Å². The molecule has 0 fully saturated rings. The number of amides is 1. The lowest BCUT2D eigenvalue weighted by Gasteiger charge is -2.29. The van der Waals surface area contributed by atoms with Crippen LogP contribution in [0.1, 0.15) is 22.3 Å². The van der Waals surface area contributed by atoms with Crippen LogP contribution < -0.4 is 16.0 Å². The Labute approximate surface area is 161 Å². The lowest BCUT2D eigenvalue weighted by Crippen LogP contribution is -2.26. The number of aryl methyl sites for hydroxylation is 1. The predicted molar refractivity (Wildman–Crippen MR) is 105 cm³/mol. The average molecular weight is 381 g/mol. The van der Waals surface area contributed by atoms with Crippen LogP contribution in [0.5, 0.6) is 0 Å². The van der Waals surface area contributed by atoms with E-state index >= 15 is 0 Å². The number of nitrogens with zero attached hydrogens (tertiary/aromatic N) is 4. The molecule has 0 spiro atoms. The highest BCUT2D eigenvalue weighted by Gasteiger charge is 2.21. The van der Waals surface area contributed by atoms with Crippen LogP contribution >= 0.6 is 11.6 Å². The zero-order valence-electron chi connectivity index (χ0n) is 14.4. The fourth-order valence-electron chi connectivity index (χ4n) is 3.11. The fourth-order valence-corrected chi connectivity index (χ4v) is 3.28. The van der Waals surface area contributed by atoms with Gasteiger partial charge in [0.25, 0.3) is 0 Å². The number of nitrogens with two attached hydrogens (primary N) is 1. The van der Waals surface area contributed by atoms with Gasteiger partial charge in [-0.3, -0.25) is 4.79 Å². The molecular formula is C19H17ClN6O. The number of carbonyl (C=O) groups excluding carboxylic acids is 1. The summed E-state index contributed by atoms with van der Waals surface area (Å²) in [5, 5.41) is 3.77. The minimum atomic E-state index is -0.489. The minimum Gasteiger partial charge on any atom is -0.366 e. The van der Waals surface area contributed by atoms with Crippen molar-refractivity contribution in [3.8, 4) is 0 Å². The molecule has 136 valence electrons. The van der Waals surface area contributed by atoms with Crippen LogP contribution in [0.4, 0.5) is 23.3 Å². The number of anilines is 4. The van der Waals surface area contributed by atoms with E-state index in [0.29, 0.717) is 28.2 Å². The molecule has 1 amide bonds. The van der Waals surface area contributed by atoms with Crippen LogP contribution in [0.15, 0.2) is 48.8 Å². The molecule has 0 bridgehead atoms. The molecule has 8 heteroatoms. The summed E-state index contributed by atoms with van der Waals surface area (Å²) in [6, 6.07) is 12.7. The summed E-state index contributed by atoms with van der Waals surface area (Å²) in [6.07, 6.45) is 3.46. The second-order valence-corrected chi connectivity index (χ2v) is 6.64. The highest BCUT2D eigenvalue weighted by atomic mass is 35.5. The zero-order valence-corrected chi connectivity index (χ0v) is 15.1. The topological polar surface area (TPSA) is 97.0 Å². The summed E-state index contributed by atoms with van der Waals surface area (Å²) < 4.78 is 0. The van der Waals surface area contributed by atoms with Gasteiger partial charge < -0.3 is 16.0 Å². The first-order valence-electron chi connectivity index (χ1n) is 8.52. The van der Waals surface area contributed by atoms with Gasteiger partial charge in [-0.15, -0.1) is 0 Å². The van der Waals surface area contributed by atoms with Gasteiger partial charge in [0.2, 0.25) is 17.8 Å². The van der Waals surface area contributed by atoms with Crippen molar-refractivity contribution >= 4 is 40.8 Å². The third-order valence-corrected chi connectivity index (χ3v) is 4.60. The largest absolute Gasteiger partial charge is 0.366 e. The van der Waals surface area contributed by atoms with Crippen molar-refractivity contribution in [2.24, 2.45) is 5.73 Å². The van der Waals surface area contributed by atoms with Crippen molar-refractivity contribution in [1.29, 1.82) is 0 Å². The Morgan fingerprint density at radius 3 is 2.93 bits per heavy atom. The second kappa shape index (κ2) is 7.20. The van der Waals surface area contributed by atoms with Gasteiger partial charge in [0, 0.05) is 28.5 Å². The predicted octanol–water partition coefficient (Wildman–Crippen LogP) is 3.45. The molecule has 7 nitrogen and oxygen atoms in total. The third kappa shape index (κ3) is 3.68. The standard InChI is InChI=1S/C19H17ClN6O/c20-14-7-6-12-4-2-8-26(16(12)10-14)19-23-11-22-18(25-19)24-15-5-1-3-13(9-15)17(21)27/h1,3,5-7,9-11H,2,4,8H2,(H2,21,27)(H,22,23,24,25). The average Bonchev–Trinajstić information content (AvgIpc) is 2.68. The van der Waals surface area contributed by atoms with Crippen molar-refractivity contribution in [2.45, 2.75) is 12.8 Å². The van der Waals surface area contributed by atoms with Crippen molar-refractivity contribution in [2.75, 3.05) is 16.8 Å². The van der Waals surface area contributed by atoms with Gasteiger partial charge >= 0.3 is 0 Å². The van der Waals surface area contributed by atoms with Gasteiger partial charge in [-0.25, -0.2) is 9.97 Å². The molecule has 27 heavy (non-hydrogen) atoms. The Balaban J connectivity index is 1.63. The number of carbonyl (C=O) groups is 1. The number of hydrogen-bond donors (Lipinski definition) is 2. The fraction of sp³-hybridized carbons (Fsp3) is 0.158. The SMILES string of the molecule is NC(=O)c1cccc(Nc2ncnc(N3CCCc4ccc(Cl)cc43)n2)c1. The van der Waals surface area contributed by atoms with E-state index in [2.05, 4.69) is 20.3 Å². The molecule has 0 radical (unpaired) electrons. The number of benzene rings is 2. The molecule has 4 rings (SSSR count). The van der Waals surface area contributed by atoms with Gasteiger partial charge in [0.15, 0.2) is 0 Å². The molecule has 0 aliphatic carbocycles. The highest BCUT2D eigenvalue weighted by molar-refractivity contribution is 6.30. The number of nitrogens with one attached hydrogen (secondary N) is 1. The first-order valence-corrected chi connectivity index (χ1v) is 8.90. The molecule has 3 N–H and O–H groups in total. The zero-order chi connectivity index (χ0) is 18.8. The molecule has 2 heterocycles. The van der Waals surface area contributed by atoms with Crippen molar-refractivity contribution in [1.82, 2.24) is 15.0 Å². The minimum absolute atomic E-state index is 0.385. The normalized spacial score (nSPS) is 13.1. The van der Waals surface area contributed by atoms with E-state index in [-0.39, 0.29) is 0 Å². The van der Waals surface area contributed by atoms with Gasteiger partial charge in [0.05, 0.1) is 0 Å². The Kier molecular flexibility index (Phi) is 4.60. The summed E-state index contributed by atoms with van der Waals surface area (Å²) in [4.78, 5) is 26.4. The quantitative estimate of drug-likeness (QED) is 0.719. The van der Waals surface area contributed by atoms with E-state index in [0.717, 1.165) is 25.1 Å². The lowest BCUT2D eigenvalue weighted by molar-refractivity contribution is 0.100. The van der Waals surface area contributed by atoms with Crippen LogP contribution in [-0.2, 0) is 6.42 Å². The maximum Gasteiger partial charge on any atom is 0.248 e. The summed E-state index contributed by atoms with van der Waals surface area (Å²) in [5.41, 5.74) is 8.65. The summed E-state index contributed by atoms with van der Waals surface area (Å²) >= 11 is 6.18. The maximum absolute atomic E-state index is 11.3. The van der Waals surface area contributed by atoms with Crippen molar-refractivity contribution in [3.05, 3.63) is 64.9 Å². The van der Waals surface area contributed by atoms with Crippen LogP contribution in [0, 0.1) is 0 Å². The smallest absolute Gasteiger partial charge is 0.248 e. The Morgan fingerprint density at radius 2 is 2.07 bits per heavy atom. The van der Waals surface area contributed by atoms with Gasteiger partial charge in [-0.05, 0) is 48.7 Å². The van der Waals surface area contributed by atoms with E-state index < -0.39 is 5.91 Å². The van der Waals surface area contributed by atoms with Crippen LogP contribution in [0.3, 0.4) is 0 Å². The first kappa shape index (κ1) is 17.2. The molecule has 1 aliphatic rings. The Bertz CT molecular complexity index is 1010. The monoisotopic (exact) mass is 380 g/mol. The lowest BCUT2D eigenvalue weighted by atomic mass is 10.0. The molecule has 3 aromatic rings. The number of aromatic nitrogens is 3. The van der Waals surface area contributed by atoms with E-state index in [9.17, 15) is 4.79 Å². The van der Waals surface area contributed by atoms with E-state index in [4.69, 9.17) is 17.3 Å². The molecule has 0 saturated heterocycles. The van der Waals surface area contributed by atoms with Crippen molar-refractivity contribution < 1.29 is 4.79 Å². The highest BCUT2D eigenvalue weighted by Crippen LogP contribution is 2.33. The number of hydrogen-bond acceptors (Lipinski definition) is 6. The summed E-state index contributed by atoms with van der Waals surface area (Å²) in [5.74, 6) is 0.439. The third-order valence-electron chi connectivity index (χ3n) is 4.37. The molecular weight excluding hydrogens is 364 g/mol. The molecule has 1 aliphatic heterocycles. The molecule has 1 aromatic heterocycles.